The van der Waals surface area contributed by atoms with Crippen molar-refractivity contribution in [1.29, 1.82) is 0 Å². The number of allylic oxidation sites excluding steroid dienone is 3. The molecule has 0 amide bonds. The van der Waals surface area contributed by atoms with Crippen molar-refractivity contribution >= 4 is 10.1 Å². The number of ether oxygens (including phenoxy) is 2. The van der Waals surface area contributed by atoms with E-state index in [0.29, 0.717) is 0 Å². The molecule has 0 aromatic rings. The fourth-order valence-electron chi connectivity index (χ4n) is 3.79. The van der Waals surface area contributed by atoms with E-state index in [1.54, 1.807) is 12.5 Å². The Kier molecular flexibility index (Phi) is 5.89. The third-order valence-electron chi connectivity index (χ3n) is 4.99. The molecule has 7 heteroatoms. The number of hydrogen-bond donors (Lipinski definition) is 0. The summed E-state index contributed by atoms with van der Waals surface area (Å²) < 4.78 is 39.1. The summed E-state index contributed by atoms with van der Waals surface area (Å²) in [6.45, 7) is 3.94. The smallest absolute Gasteiger partial charge is 0.264 e. The molecule has 1 saturated heterocycles. The van der Waals surface area contributed by atoms with Crippen molar-refractivity contribution in [1.82, 2.24) is 4.90 Å². The molecule has 0 aromatic heterocycles. The molecule has 1 fully saturated rings. The van der Waals surface area contributed by atoms with E-state index < -0.39 is 10.1 Å². The van der Waals surface area contributed by atoms with Crippen molar-refractivity contribution in [2.75, 3.05) is 26.0 Å². The monoisotopic (exact) mass is 381 g/mol. The SMILES string of the molecule is CC1(COS(C)(=O)=O)CCCN(C(C2=CC=CCC2)C2=COC=CO2)C1. The maximum absolute atomic E-state index is 11.4. The van der Waals surface area contributed by atoms with Crippen LogP contribution in [0.15, 0.2) is 48.3 Å². The van der Waals surface area contributed by atoms with Gasteiger partial charge in [0.15, 0.2) is 5.76 Å². The summed E-state index contributed by atoms with van der Waals surface area (Å²) in [6.07, 6.45) is 16.1. The molecule has 0 saturated carbocycles. The molecule has 3 aliphatic rings. The molecule has 0 N–H and O–H groups in total. The molecule has 0 aromatic carbocycles. The van der Waals surface area contributed by atoms with Crippen LogP contribution in [0.3, 0.4) is 0 Å². The van der Waals surface area contributed by atoms with Crippen LogP contribution in [0.5, 0.6) is 0 Å². The second kappa shape index (κ2) is 7.98. The molecule has 2 unspecified atom stereocenters. The van der Waals surface area contributed by atoms with Crippen molar-refractivity contribution in [2.24, 2.45) is 5.41 Å². The van der Waals surface area contributed by atoms with E-state index in [1.165, 1.54) is 11.8 Å². The zero-order valence-electron chi connectivity index (χ0n) is 15.4. The first-order valence-corrected chi connectivity index (χ1v) is 10.8. The highest BCUT2D eigenvalue weighted by molar-refractivity contribution is 7.85. The number of rotatable bonds is 6. The summed E-state index contributed by atoms with van der Waals surface area (Å²) in [5.74, 6) is 0.766. The van der Waals surface area contributed by atoms with Gasteiger partial charge in [0.2, 0.25) is 0 Å². The standard InChI is InChI=1S/C19H27NO5S/c1-19(15-25-26(2,21)22)9-6-10-20(14-19)18(16-7-4-3-5-8-16)17-13-23-11-12-24-17/h3-4,7,11-13,18H,5-6,8-10,14-15H2,1-2H3. The normalized spacial score (nSPS) is 27.9. The molecule has 0 radical (unpaired) electrons. The Morgan fingerprint density at radius 3 is 2.88 bits per heavy atom. The van der Waals surface area contributed by atoms with Gasteiger partial charge < -0.3 is 9.47 Å². The first kappa shape index (κ1) is 19.2. The predicted octanol–water partition coefficient (Wildman–Crippen LogP) is 3.07. The topological polar surface area (TPSA) is 65.1 Å². The van der Waals surface area contributed by atoms with Crippen molar-refractivity contribution in [2.45, 2.75) is 38.6 Å². The summed E-state index contributed by atoms with van der Waals surface area (Å²) in [4.78, 5) is 2.36. The van der Waals surface area contributed by atoms with Crippen LogP contribution >= 0.6 is 0 Å². The number of likely N-dealkylation sites (tertiary alicyclic amines) is 1. The number of piperidine rings is 1. The van der Waals surface area contributed by atoms with Crippen molar-refractivity contribution in [3.8, 4) is 0 Å². The molecule has 3 rings (SSSR count). The summed E-state index contributed by atoms with van der Waals surface area (Å²) >= 11 is 0. The molecule has 1 aliphatic carbocycles. The Labute approximate surface area is 155 Å². The van der Waals surface area contributed by atoms with Gasteiger partial charge in [0.25, 0.3) is 10.1 Å². The van der Waals surface area contributed by atoms with E-state index >= 15 is 0 Å². The zero-order chi connectivity index (χ0) is 18.6. The molecule has 0 spiro atoms. The summed E-state index contributed by atoms with van der Waals surface area (Å²) in [6, 6.07) is -0.0113. The highest BCUT2D eigenvalue weighted by atomic mass is 32.2. The summed E-state index contributed by atoms with van der Waals surface area (Å²) in [5, 5.41) is 0. The Hall–Kier alpha value is -1.57. The quantitative estimate of drug-likeness (QED) is 0.659. The second-order valence-corrected chi connectivity index (χ2v) is 9.15. The van der Waals surface area contributed by atoms with Gasteiger partial charge in [-0.2, -0.15) is 8.42 Å². The van der Waals surface area contributed by atoms with Gasteiger partial charge in [0, 0.05) is 12.0 Å². The molecule has 2 heterocycles. The lowest BCUT2D eigenvalue weighted by atomic mass is 9.81. The van der Waals surface area contributed by atoms with Gasteiger partial charge in [0.05, 0.1) is 18.9 Å². The van der Waals surface area contributed by atoms with Crippen molar-refractivity contribution in [3.63, 3.8) is 0 Å². The van der Waals surface area contributed by atoms with Gasteiger partial charge in [0.1, 0.15) is 18.8 Å². The average molecular weight is 381 g/mol. The number of nitrogens with zero attached hydrogens (tertiary/aromatic N) is 1. The van der Waals surface area contributed by atoms with Crippen LogP contribution in [0.4, 0.5) is 0 Å². The maximum Gasteiger partial charge on any atom is 0.264 e. The molecule has 0 bridgehead atoms. The Morgan fingerprint density at radius 2 is 2.23 bits per heavy atom. The lowest BCUT2D eigenvalue weighted by Gasteiger charge is -2.44. The number of hydrogen-bond acceptors (Lipinski definition) is 6. The van der Waals surface area contributed by atoms with Gasteiger partial charge in [-0.3, -0.25) is 9.08 Å². The summed E-state index contributed by atoms with van der Waals surface area (Å²) in [5.41, 5.74) is 1.06. The van der Waals surface area contributed by atoms with E-state index in [-0.39, 0.29) is 18.1 Å². The Bertz CT molecular complexity index is 737. The average Bonchev–Trinajstić information content (AvgIpc) is 2.62. The highest BCUT2D eigenvalue weighted by Crippen LogP contribution is 2.36. The van der Waals surface area contributed by atoms with E-state index in [2.05, 4.69) is 30.1 Å². The van der Waals surface area contributed by atoms with Crippen LogP contribution < -0.4 is 0 Å². The Morgan fingerprint density at radius 1 is 1.38 bits per heavy atom. The lowest BCUT2D eigenvalue weighted by Crippen LogP contribution is -2.50. The zero-order valence-corrected chi connectivity index (χ0v) is 16.2. The first-order valence-electron chi connectivity index (χ1n) is 8.98. The van der Waals surface area contributed by atoms with E-state index in [9.17, 15) is 8.42 Å². The van der Waals surface area contributed by atoms with Gasteiger partial charge in [-0.1, -0.05) is 25.2 Å². The van der Waals surface area contributed by atoms with E-state index in [1.807, 2.05) is 0 Å². The van der Waals surface area contributed by atoms with Crippen LogP contribution in [0.25, 0.3) is 0 Å². The minimum Gasteiger partial charge on any atom is -0.466 e. The minimum atomic E-state index is -3.44. The third-order valence-corrected chi connectivity index (χ3v) is 5.53. The molecule has 144 valence electrons. The molecule has 26 heavy (non-hydrogen) atoms. The van der Waals surface area contributed by atoms with Gasteiger partial charge in [-0.15, -0.1) is 0 Å². The van der Waals surface area contributed by atoms with Gasteiger partial charge in [-0.25, -0.2) is 0 Å². The van der Waals surface area contributed by atoms with Crippen LogP contribution in [0.2, 0.25) is 0 Å². The fraction of sp³-hybridized carbons (Fsp3) is 0.579. The van der Waals surface area contributed by atoms with Crippen molar-refractivity contribution in [3.05, 3.63) is 48.3 Å². The lowest BCUT2D eigenvalue weighted by molar-refractivity contribution is 0.0369. The van der Waals surface area contributed by atoms with Gasteiger partial charge >= 0.3 is 0 Å². The molecule has 2 aliphatic heterocycles. The molecular formula is C19H27NO5S. The van der Waals surface area contributed by atoms with Crippen LogP contribution in [0.1, 0.15) is 32.6 Å². The maximum atomic E-state index is 11.4. The largest absolute Gasteiger partial charge is 0.466 e. The molecular weight excluding hydrogens is 354 g/mol. The van der Waals surface area contributed by atoms with E-state index in [0.717, 1.165) is 50.8 Å². The van der Waals surface area contributed by atoms with Crippen molar-refractivity contribution < 1.29 is 22.1 Å². The van der Waals surface area contributed by atoms with Gasteiger partial charge in [-0.05, 0) is 37.8 Å². The second-order valence-electron chi connectivity index (χ2n) is 7.51. The van der Waals surface area contributed by atoms with Crippen LogP contribution in [-0.2, 0) is 23.8 Å². The molecule has 2 atom stereocenters. The predicted molar refractivity (Wildman–Crippen MR) is 99.3 cm³/mol. The fourth-order valence-corrected chi connectivity index (χ4v) is 4.29. The van der Waals surface area contributed by atoms with Crippen LogP contribution in [-0.4, -0.2) is 45.3 Å². The first-order chi connectivity index (χ1) is 12.4. The van der Waals surface area contributed by atoms with E-state index in [4.69, 9.17) is 13.7 Å². The Balaban J connectivity index is 1.80. The van der Waals surface area contributed by atoms with Crippen LogP contribution in [0, 0.1) is 5.41 Å². The third kappa shape index (κ3) is 4.99. The summed E-state index contributed by atoms with van der Waals surface area (Å²) in [7, 11) is -3.44. The minimum absolute atomic E-state index is 0.0113. The molecule has 6 nitrogen and oxygen atoms in total. The highest BCUT2D eigenvalue weighted by Gasteiger charge is 2.38.